The van der Waals surface area contributed by atoms with E-state index >= 15 is 0 Å². The molecule has 1 aromatic rings. The van der Waals surface area contributed by atoms with E-state index in [2.05, 4.69) is 20.7 Å². The summed E-state index contributed by atoms with van der Waals surface area (Å²) in [7, 11) is 0. The minimum Gasteiger partial charge on any atom is -0.417 e. The number of hydrogen-bond acceptors (Lipinski definition) is 5. The highest BCUT2D eigenvalue weighted by molar-refractivity contribution is 6.15. The molecule has 1 rings (SSSR count). The van der Waals surface area contributed by atoms with E-state index in [1.54, 1.807) is 0 Å². The summed E-state index contributed by atoms with van der Waals surface area (Å²) in [5.41, 5.74) is 4.32. The standard InChI is InChI=1S/C7H6N2O4/c1-4(5(8)10)6(11)13-7-9-2-3-12-7/h2-3H,1H2,(H2,8,10). The number of amides is 1. The first-order valence-corrected chi connectivity index (χ1v) is 3.21. The number of carbonyl (C=O) groups is 2. The Hall–Kier alpha value is -2.11. The molecule has 68 valence electrons. The third-order valence-corrected chi connectivity index (χ3v) is 1.13. The molecule has 0 saturated carbocycles. The van der Waals surface area contributed by atoms with Gasteiger partial charge in [0, 0.05) is 0 Å². The summed E-state index contributed by atoms with van der Waals surface area (Å²) >= 11 is 0. The molecule has 0 saturated heterocycles. The van der Waals surface area contributed by atoms with Gasteiger partial charge in [0.15, 0.2) is 0 Å². The van der Waals surface area contributed by atoms with Gasteiger partial charge >= 0.3 is 12.0 Å². The molecular weight excluding hydrogens is 176 g/mol. The SMILES string of the molecule is C=C(C(N)=O)C(=O)Oc1ncco1. The molecule has 0 atom stereocenters. The van der Waals surface area contributed by atoms with Crippen molar-refractivity contribution in [2.75, 3.05) is 0 Å². The Labute approximate surface area is 73.0 Å². The van der Waals surface area contributed by atoms with Gasteiger partial charge in [-0.3, -0.25) is 4.79 Å². The van der Waals surface area contributed by atoms with E-state index in [-0.39, 0.29) is 6.08 Å². The molecule has 0 fully saturated rings. The lowest BCUT2D eigenvalue weighted by Crippen LogP contribution is -2.23. The zero-order chi connectivity index (χ0) is 9.84. The molecule has 6 nitrogen and oxygen atoms in total. The molecule has 13 heavy (non-hydrogen) atoms. The Morgan fingerprint density at radius 1 is 1.62 bits per heavy atom. The predicted octanol–water partition coefficient (Wildman–Crippen LogP) is -0.379. The van der Waals surface area contributed by atoms with Crippen molar-refractivity contribution in [2.24, 2.45) is 5.73 Å². The van der Waals surface area contributed by atoms with Gasteiger partial charge in [0.25, 0.3) is 5.91 Å². The van der Waals surface area contributed by atoms with Crippen molar-refractivity contribution in [1.82, 2.24) is 4.98 Å². The molecule has 0 spiro atoms. The molecule has 1 heterocycles. The largest absolute Gasteiger partial charge is 0.417 e. The molecule has 0 unspecified atom stereocenters. The average Bonchev–Trinajstić information content (AvgIpc) is 2.55. The van der Waals surface area contributed by atoms with Gasteiger partial charge in [0.1, 0.15) is 11.8 Å². The second kappa shape index (κ2) is 3.53. The first-order chi connectivity index (χ1) is 6.11. The van der Waals surface area contributed by atoms with Crippen molar-refractivity contribution in [3.05, 3.63) is 24.6 Å². The van der Waals surface area contributed by atoms with E-state index in [1.807, 2.05) is 0 Å². The summed E-state index contributed by atoms with van der Waals surface area (Å²) in [6.07, 6.45) is 2.25. The van der Waals surface area contributed by atoms with Gasteiger partial charge in [0.2, 0.25) is 0 Å². The van der Waals surface area contributed by atoms with Crippen molar-refractivity contribution in [1.29, 1.82) is 0 Å². The molecule has 2 N–H and O–H groups in total. The van der Waals surface area contributed by atoms with Crippen LogP contribution in [-0.4, -0.2) is 16.9 Å². The van der Waals surface area contributed by atoms with Crippen LogP contribution in [0.3, 0.4) is 0 Å². The quantitative estimate of drug-likeness (QED) is 0.297. The van der Waals surface area contributed by atoms with Gasteiger partial charge in [-0.15, -0.1) is 0 Å². The van der Waals surface area contributed by atoms with Crippen LogP contribution in [0, 0.1) is 0 Å². The zero-order valence-electron chi connectivity index (χ0n) is 6.52. The van der Waals surface area contributed by atoms with Gasteiger partial charge in [-0.2, -0.15) is 4.98 Å². The molecule has 0 aliphatic heterocycles. The monoisotopic (exact) mass is 182 g/mol. The zero-order valence-corrected chi connectivity index (χ0v) is 6.52. The molecule has 1 amide bonds. The number of nitrogens with zero attached hydrogens (tertiary/aromatic N) is 1. The van der Waals surface area contributed by atoms with Crippen LogP contribution in [-0.2, 0) is 9.59 Å². The summed E-state index contributed by atoms with van der Waals surface area (Å²) in [6.45, 7) is 3.12. The third-order valence-electron chi connectivity index (χ3n) is 1.13. The summed E-state index contributed by atoms with van der Waals surface area (Å²) in [6, 6.07) is 0. The average molecular weight is 182 g/mol. The van der Waals surface area contributed by atoms with Gasteiger partial charge in [-0.1, -0.05) is 6.58 Å². The minimum atomic E-state index is -0.977. The van der Waals surface area contributed by atoms with Crippen molar-refractivity contribution in [3.63, 3.8) is 0 Å². The first kappa shape index (κ1) is 8.98. The molecule has 1 aromatic heterocycles. The normalized spacial score (nSPS) is 9.23. The maximum absolute atomic E-state index is 10.9. The van der Waals surface area contributed by atoms with Gasteiger partial charge < -0.3 is 14.9 Å². The highest BCUT2D eigenvalue weighted by atomic mass is 16.6. The second-order valence-corrected chi connectivity index (χ2v) is 2.03. The Balaban J connectivity index is 2.61. The van der Waals surface area contributed by atoms with E-state index in [1.165, 1.54) is 12.5 Å². The van der Waals surface area contributed by atoms with Crippen LogP contribution < -0.4 is 10.5 Å². The summed E-state index contributed by atoms with van der Waals surface area (Å²) in [4.78, 5) is 24.9. The maximum Gasteiger partial charge on any atom is 0.401 e. The number of nitrogens with two attached hydrogens (primary N) is 1. The van der Waals surface area contributed by atoms with E-state index in [0.29, 0.717) is 0 Å². The van der Waals surface area contributed by atoms with E-state index in [9.17, 15) is 9.59 Å². The Kier molecular flexibility index (Phi) is 2.44. The van der Waals surface area contributed by atoms with Gasteiger partial charge in [0.05, 0.1) is 6.20 Å². The number of aromatic nitrogens is 1. The smallest absolute Gasteiger partial charge is 0.401 e. The Morgan fingerprint density at radius 3 is 2.77 bits per heavy atom. The summed E-state index contributed by atoms with van der Waals surface area (Å²) < 4.78 is 9.05. The van der Waals surface area contributed by atoms with Crippen LogP contribution in [0.4, 0.5) is 0 Å². The highest BCUT2D eigenvalue weighted by Crippen LogP contribution is 2.06. The second-order valence-electron chi connectivity index (χ2n) is 2.03. The fourth-order valence-electron chi connectivity index (χ4n) is 0.502. The number of rotatable bonds is 3. The number of primary amides is 1. The highest BCUT2D eigenvalue weighted by Gasteiger charge is 2.16. The third kappa shape index (κ3) is 2.16. The van der Waals surface area contributed by atoms with Crippen molar-refractivity contribution >= 4 is 11.9 Å². The number of ether oxygens (including phenoxy) is 1. The van der Waals surface area contributed by atoms with Crippen LogP contribution in [0.1, 0.15) is 0 Å². The predicted molar refractivity (Wildman–Crippen MR) is 40.5 cm³/mol. The van der Waals surface area contributed by atoms with Gasteiger partial charge in [-0.05, 0) is 0 Å². The van der Waals surface area contributed by atoms with Crippen molar-refractivity contribution in [2.45, 2.75) is 0 Å². The molecule has 0 aliphatic carbocycles. The number of carbonyl (C=O) groups excluding carboxylic acids is 2. The van der Waals surface area contributed by atoms with Crippen molar-refractivity contribution in [3.8, 4) is 6.08 Å². The van der Waals surface area contributed by atoms with E-state index < -0.39 is 17.4 Å². The number of oxazole rings is 1. The molecular formula is C7H6N2O4. The lowest BCUT2D eigenvalue weighted by molar-refractivity contribution is -0.133. The van der Waals surface area contributed by atoms with Gasteiger partial charge in [-0.25, -0.2) is 4.79 Å². The Morgan fingerprint density at radius 2 is 2.31 bits per heavy atom. The molecule has 0 radical (unpaired) electrons. The van der Waals surface area contributed by atoms with Crippen LogP contribution >= 0.6 is 0 Å². The molecule has 6 heteroatoms. The molecule has 0 aromatic carbocycles. The minimum absolute atomic E-state index is 0.257. The number of esters is 1. The van der Waals surface area contributed by atoms with Crippen LogP contribution in [0.2, 0.25) is 0 Å². The van der Waals surface area contributed by atoms with Crippen LogP contribution in [0.5, 0.6) is 6.08 Å². The van der Waals surface area contributed by atoms with Crippen LogP contribution in [0.25, 0.3) is 0 Å². The summed E-state index contributed by atoms with van der Waals surface area (Å²) in [5.74, 6) is -1.92. The fraction of sp³-hybridized carbons (Fsp3) is 0. The fourth-order valence-corrected chi connectivity index (χ4v) is 0.502. The van der Waals surface area contributed by atoms with E-state index in [0.717, 1.165) is 0 Å². The Bertz CT molecular complexity index is 341. The van der Waals surface area contributed by atoms with E-state index in [4.69, 9.17) is 5.73 Å². The lowest BCUT2D eigenvalue weighted by atomic mass is 10.3. The lowest BCUT2D eigenvalue weighted by Gasteiger charge is -1.97. The van der Waals surface area contributed by atoms with Crippen LogP contribution in [0.15, 0.2) is 29.0 Å². The summed E-state index contributed by atoms with van der Waals surface area (Å²) in [5, 5.41) is 0. The maximum atomic E-state index is 10.9. The molecule has 0 bridgehead atoms. The number of hydrogen-bond donors (Lipinski definition) is 1. The first-order valence-electron chi connectivity index (χ1n) is 3.21. The topological polar surface area (TPSA) is 95.4 Å². The molecule has 0 aliphatic rings. The van der Waals surface area contributed by atoms with Crippen molar-refractivity contribution < 1.29 is 18.7 Å².